The topological polar surface area (TPSA) is 58.8 Å². The maximum atomic E-state index is 10.8. The van der Waals surface area contributed by atoms with Gasteiger partial charge in [0.15, 0.2) is 0 Å². The van der Waals surface area contributed by atoms with Crippen molar-refractivity contribution in [2.45, 2.75) is 45.4 Å². The zero-order chi connectivity index (χ0) is 15.8. The van der Waals surface area contributed by atoms with Gasteiger partial charge in [-0.15, -0.1) is 0 Å². The van der Waals surface area contributed by atoms with E-state index in [4.69, 9.17) is 4.74 Å². The van der Waals surface area contributed by atoms with E-state index in [0.717, 1.165) is 11.3 Å². The number of imidazole rings is 1. The highest BCUT2D eigenvalue weighted by atomic mass is 16.5. The molecule has 1 saturated carbocycles. The minimum Gasteiger partial charge on any atom is -0.388 e. The molecule has 120 valence electrons. The third-order valence-corrected chi connectivity index (χ3v) is 5.11. The fourth-order valence-corrected chi connectivity index (χ4v) is 3.28. The summed E-state index contributed by atoms with van der Waals surface area (Å²) >= 11 is 0. The summed E-state index contributed by atoms with van der Waals surface area (Å²) in [7, 11) is 0. The van der Waals surface area contributed by atoms with Gasteiger partial charge < -0.3 is 19.6 Å². The summed E-state index contributed by atoms with van der Waals surface area (Å²) in [6.45, 7) is 8.09. The second-order valence-corrected chi connectivity index (χ2v) is 6.68. The lowest BCUT2D eigenvalue weighted by molar-refractivity contribution is -0.238. The van der Waals surface area contributed by atoms with Crippen LogP contribution in [-0.2, 0) is 11.3 Å². The number of ether oxygens (including phenoxy) is 1. The molecule has 1 fully saturated rings. The average Bonchev–Trinajstić information content (AvgIpc) is 2.91. The minimum absolute atomic E-state index is 0.139. The van der Waals surface area contributed by atoms with Crippen molar-refractivity contribution in [3.63, 3.8) is 0 Å². The van der Waals surface area contributed by atoms with Crippen LogP contribution in [0, 0.1) is 5.41 Å². The number of nitrogens with zero attached hydrogens (tertiary/aromatic N) is 2. The number of hydrogen-bond donors (Lipinski definition) is 2. The highest BCUT2D eigenvalue weighted by Gasteiger charge is 2.59. The summed E-state index contributed by atoms with van der Waals surface area (Å²) in [4.78, 5) is 4.37. The van der Waals surface area contributed by atoms with Crippen molar-refractivity contribution < 1.29 is 9.84 Å². The van der Waals surface area contributed by atoms with E-state index in [1.54, 1.807) is 0 Å². The van der Waals surface area contributed by atoms with Crippen LogP contribution in [-0.4, -0.2) is 39.3 Å². The number of hydrogen-bond acceptors (Lipinski definition) is 4. The molecule has 2 aromatic rings. The normalized spacial score (nSPS) is 27.0. The Labute approximate surface area is 131 Å². The lowest BCUT2D eigenvalue weighted by atomic mass is 9.56. The van der Waals surface area contributed by atoms with Gasteiger partial charge >= 0.3 is 0 Å². The molecular weight excluding hydrogens is 278 g/mol. The van der Waals surface area contributed by atoms with Crippen LogP contribution in [0.2, 0.25) is 0 Å². The number of pyridine rings is 1. The fraction of sp³-hybridized carbons (Fsp3) is 0.588. The third kappa shape index (κ3) is 2.43. The maximum absolute atomic E-state index is 10.8. The van der Waals surface area contributed by atoms with Gasteiger partial charge in [0.1, 0.15) is 5.65 Å². The molecule has 5 heteroatoms. The van der Waals surface area contributed by atoms with Gasteiger partial charge in [0.2, 0.25) is 0 Å². The first-order chi connectivity index (χ1) is 10.5. The second-order valence-electron chi connectivity index (χ2n) is 6.68. The fourth-order valence-electron chi connectivity index (χ4n) is 3.28. The van der Waals surface area contributed by atoms with E-state index in [0.29, 0.717) is 26.1 Å². The summed E-state index contributed by atoms with van der Waals surface area (Å²) in [5, 5.41) is 14.2. The van der Waals surface area contributed by atoms with Crippen LogP contribution < -0.4 is 5.32 Å². The first-order valence-corrected chi connectivity index (χ1v) is 7.93. The van der Waals surface area contributed by atoms with E-state index in [1.807, 2.05) is 37.5 Å². The smallest absolute Gasteiger partial charge is 0.136 e. The average molecular weight is 303 g/mol. The van der Waals surface area contributed by atoms with Crippen molar-refractivity contribution in [3.05, 3.63) is 36.3 Å². The highest BCUT2D eigenvalue weighted by molar-refractivity contribution is 5.39. The van der Waals surface area contributed by atoms with Crippen LogP contribution in [0.25, 0.3) is 5.65 Å². The van der Waals surface area contributed by atoms with Crippen molar-refractivity contribution in [2.24, 2.45) is 5.41 Å². The van der Waals surface area contributed by atoms with Gasteiger partial charge in [0.25, 0.3) is 0 Å². The van der Waals surface area contributed by atoms with E-state index in [1.165, 1.54) is 0 Å². The van der Waals surface area contributed by atoms with Crippen molar-refractivity contribution in [2.75, 3.05) is 13.2 Å². The number of fused-ring (bicyclic) bond motifs is 1. The van der Waals surface area contributed by atoms with Gasteiger partial charge in [-0.2, -0.15) is 0 Å². The molecule has 2 aromatic heterocycles. The molecule has 0 spiro atoms. The Balaban J connectivity index is 1.59. The molecule has 1 aliphatic carbocycles. The van der Waals surface area contributed by atoms with Gasteiger partial charge in [-0.05, 0) is 19.1 Å². The quantitative estimate of drug-likeness (QED) is 0.857. The molecule has 0 aromatic carbocycles. The Hall–Kier alpha value is -1.43. The lowest BCUT2D eigenvalue weighted by Crippen LogP contribution is -2.68. The van der Waals surface area contributed by atoms with Crippen LogP contribution >= 0.6 is 0 Å². The second kappa shape index (κ2) is 5.65. The minimum atomic E-state index is -0.715. The molecule has 3 rings (SSSR count). The number of aliphatic hydroxyl groups is 1. The van der Waals surface area contributed by atoms with Crippen LogP contribution in [0.4, 0.5) is 0 Å². The molecule has 5 nitrogen and oxygen atoms in total. The zero-order valence-corrected chi connectivity index (χ0v) is 13.5. The Bertz CT molecular complexity index is 652. The zero-order valence-electron chi connectivity index (χ0n) is 13.5. The molecule has 0 aliphatic heterocycles. The van der Waals surface area contributed by atoms with Crippen LogP contribution in [0.5, 0.6) is 0 Å². The van der Waals surface area contributed by atoms with Gasteiger partial charge in [-0.1, -0.05) is 19.9 Å². The maximum Gasteiger partial charge on any atom is 0.136 e. The van der Waals surface area contributed by atoms with Crippen molar-refractivity contribution >= 4 is 5.65 Å². The van der Waals surface area contributed by atoms with Gasteiger partial charge in [0, 0.05) is 37.7 Å². The van der Waals surface area contributed by atoms with Crippen LogP contribution in [0.15, 0.2) is 30.6 Å². The lowest BCUT2D eigenvalue weighted by Gasteiger charge is -2.58. The standard InChI is InChI=1S/C17H25N3O2/c1-4-22-14-9-17(21,16(14,2)3)12-18-10-13-11-19-15-7-5-6-8-20(13)15/h5-8,11,14,18,21H,4,9-10,12H2,1-3H3/t14-,17+/m1/s1. The van der Waals surface area contributed by atoms with Crippen molar-refractivity contribution in [1.29, 1.82) is 0 Å². The molecule has 0 saturated heterocycles. The predicted molar refractivity (Wildman–Crippen MR) is 85.7 cm³/mol. The Morgan fingerprint density at radius 1 is 1.45 bits per heavy atom. The monoisotopic (exact) mass is 303 g/mol. The third-order valence-electron chi connectivity index (χ3n) is 5.11. The summed E-state index contributed by atoms with van der Waals surface area (Å²) in [5.74, 6) is 0. The molecule has 1 aliphatic rings. The molecule has 0 bridgehead atoms. The van der Waals surface area contributed by atoms with Crippen molar-refractivity contribution in [3.8, 4) is 0 Å². The summed E-state index contributed by atoms with van der Waals surface area (Å²) in [6.07, 6.45) is 4.71. The first kappa shape index (κ1) is 15.5. The number of rotatable bonds is 6. The van der Waals surface area contributed by atoms with Gasteiger partial charge in [-0.3, -0.25) is 0 Å². The summed E-state index contributed by atoms with van der Waals surface area (Å²) in [6, 6.07) is 5.96. The highest BCUT2D eigenvalue weighted by Crippen LogP contribution is 2.50. The van der Waals surface area contributed by atoms with Gasteiger partial charge in [0.05, 0.1) is 23.6 Å². The molecule has 0 amide bonds. The van der Waals surface area contributed by atoms with Gasteiger partial charge in [-0.25, -0.2) is 4.98 Å². The predicted octanol–water partition coefficient (Wildman–Crippen LogP) is 1.99. The first-order valence-electron chi connectivity index (χ1n) is 7.93. The number of aromatic nitrogens is 2. The molecule has 0 unspecified atom stereocenters. The van der Waals surface area contributed by atoms with E-state index in [9.17, 15) is 5.11 Å². The van der Waals surface area contributed by atoms with E-state index >= 15 is 0 Å². The Morgan fingerprint density at radius 2 is 2.27 bits per heavy atom. The summed E-state index contributed by atoms with van der Waals surface area (Å²) < 4.78 is 7.76. The molecule has 22 heavy (non-hydrogen) atoms. The molecule has 2 atom stereocenters. The Kier molecular flexibility index (Phi) is 3.97. The number of nitrogens with one attached hydrogen (secondary N) is 1. The van der Waals surface area contributed by atoms with E-state index < -0.39 is 5.60 Å². The van der Waals surface area contributed by atoms with E-state index in [2.05, 4.69) is 28.5 Å². The summed E-state index contributed by atoms with van der Waals surface area (Å²) in [5.41, 5.74) is 1.10. The molecule has 2 N–H and O–H groups in total. The van der Waals surface area contributed by atoms with Crippen molar-refractivity contribution in [1.82, 2.24) is 14.7 Å². The van der Waals surface area contributed by atoms with Crippen LogP contribution in [0.3, 0.4) is 0 Å². The largest absolute Gasteiger partial charge is 0.388 e. The van der Waals surface area contributed by atoms with E-state index in [-0.39, 0.29) is 11.5 Å². The SMILES string of the molecule is CCO[C@@H]1C[C@](O)(CNCc2cnc3ccccn23)C1(C)C. The molecular formula is C17H25N3O2. The van der Waals surface area contributed by atoms with Crippen LogP contribution in [0.1, 0.15) is 32.9 Å². The Morgan fingerprint density at radius 3 is 3.00 bits per heavy atom. The molecule has 2 heterocycles. The molecule has 0 radical (unpaired) electrons.